The molecule has 0 spiro atoms. The van der Waals surface area contributed by atoms with Gasteiger partial charge >= 0.3 is 0 Å². The molecule has 0 aromatic heterocycles. The molecule has 0 saturated carbocycles. The predicted octanol–water partition coefficient (Wildman–Crippen LogP) is 3.44. The first-order chi connectivity index (χ1) is 11.9. The van der Waals surface area contributed by atoms with Gasteiger partial charge in [-0.1, -0.05) is 12.1 Å². The highest BCUT2D eigenvalue weighted by atomic mass is 127. The molecule has 7 heteroatoms. The van der Waals surface area contributed by atoms with Crippen molar-refractivity contribution in [2.75, 3.05) is 47.1 Å². The largest absolute Gasteiger partial charge is 0.494 e. The number of hydrogen-bond acceptors (Lipinski definition) is 4. The fraction of sp³-hybridized carbons (Fsp3) is 0.632. The molecule has 1 aromatic rings. The molecule has 0 aliphatic heterocycles. The predicted molar refractivity (Wildman–Crippen MR) is 126 cm³/mol. The van der Waals surface area contributed by atoms with Crippen LogP contribution in [-0.2, 0) is 6.54 Å². The summed E-state index contributed by atoms with van der Waals surface area (Å²) in [6.45, 7) is 7.83. The summed E-state index contributed by atoms with van der Waals surface area (Å²) >= 11 is 1.84. The van der Waals surface area contributed by atoms with Gasteiger partial charge in [-0.25, -0.2) is 0 Å². The molecule has 2 N–H and O–H groups in total. The minimum atomic E-state index is 0. The van der Waals surface area contributed by atoms with Crippen molar-refractivity contribution in [3.8, 4) is 5.75 Å². The molecule has 1 rings (SSSR count). The van der Waals surface area contributed by atoms with E-state index in [0.29, 0.717) is 0 Å². The molecule has 0 amide bonds. The van der Waals surface area contributed by atoms with Gasteiger partial charge in [0.25, 0.3) is 0 Å². The lowest BCUT2D eigenvalue weighted by Gasteiger charge is -2.23. The highest BCUT2D eigenvalue weighted by Crippen LogP contribution is 2.19. The number of thioether (sulfide) groups is 1. The maximum absolute atomic E-state index is 5.76. The van der Waals surface area contributed by atoms with Gasteiger partial charge in [0, 0.05) is 31.4 Å². The van der Waals surface area contributed by atoms with E-state index in [1.165, 1.54) is 5.56 Å². The number of benzene rings is 1. The molecule has 0 saturated heterocycles. The van der Waals surface area contributed by atoms with E-state index in [2.05, 4.69) is 66.9 Å². The molecule has 0 atom stereocenters. The van der Waals surface area contributed by atoms with Gasteiger partial charge in [0.15, 0.2) is 5.96 Å². The topological polar surface area (TPSA) is 48.9 Å². The lowest BCUT2D eigenvalue weighted by molar-refractivity contribution is 0.281. The van der Waals surface area contributed by atoms with Gasteiger partial charge in [0.2, 0.25) is 0 Å². The zero-order valence-corrected chi connectivity index (χ0v) is 20.1. The molecular weight excluding hydrogens is 459 g/mol. The van der Waals surface area contributed by atoms with Crippen molar-refractivity contribution >= 4 is 41.7 Å². The standard InChI is InChI=1S/C19H34N4OS.HI/c1-19(2,25-6)15-22-18(20-3)21-14-16-8-10-17(11-9-16)24-13-7-12-23(4)5;/h8-11H,7,12-15H2,1-6H3,(H2,20,21,22);1H. The van der Waals surface area contributed by atoms with Crippen LogP contribution in [0.15, 0.2) is 29.3 Å². The van der Waals surface area contributed by atoms with E-state index in [0.717, 1.165) is 44.4 Å². The van der Waals surface area contributed by atoms with Gasteiger partial charge in [-0.05, 0) is 58.3 Å². The average Bonchev–Trinajstić information content (AvgIpc) is 2.60. The normalized spacial score (nSPS) is 11.9. The molecule has 0 heterocycles. The average molecular weight is 494 g/mol. The fourth-order valence-corrected chi connectivity index (χ4v) is 2.27. The Morgan fingerprint density at radius 1 is 1.19 bits per heavy atom. The van der Waals surface area contributed by atoms with E-state index < -0.39 is 0 Å². The molecule has 0 fully saturated rings. The second-order valence-corrected chi connectivity index (χ2v) is 8.41. The number of rotatable bonds is 10. The molecule has 0 aliphatic rings. The van der Waals surface area contributed by atoms with Crippen molar-refractivity contribution < 1.29 is 4.74 Å². The number of guanidine groups is 1. The van der Waals surface area contributed by atoms with E-state index >= 15 is 0 Å². The van der Waals surface area contributed by atoms with Crippen LogP contribution in [0.3, 0.4) is 0 Å². The number of halogens is 1. The van der Waals surface area contributed by atoms with Crippen LogP contribution >= 0.6 is 35.7 Å². The third-order valence-corrected chi connectivity index (χ3v) is 5.11. The molecule has 5 nitrogen and oxygen atoms in total. The van der Waals surface area contributed by atoms with Crippen LogP contribution in [0.25, 0.3) is 0 Å². The van der Waals surface area contributed by atoms with Crippen molar-refractivity contribution in [2.45, 2.75) is 31.6 Å². The zero-order chi connectivity index (χ0) is 18.7. The Bertz CT molecular complexity index is 521. The Hall–Kier alpha value is -0.670. The Labute approximate surface area is 180 Å². The molecule has 150 valence electrons. The van der Waals surface area contributed by atoms with Gasteiger partial charge in [-0.15, -0.1) is 24.0 Å². The number of nitrogens with one attached hydrogen (secondary N) is 2. The Balaban J connectivity index is 0.00000625. The summed E-state index contributed by atoms with van der Waals surface area (Å²) in [5, 5.41) is 6.72. The third-order valence-electron chi connectivity index (χ3n) is 3.86. The van der Waals surface area contributed by atoms with Gasteiger partial charge in [-0.3, -0.25) is 4.99 Å². The Morgan fingerprint density at radius 3 is 2.38 bits per heavy atom. The maximum atomic E-state index is 5.76. The number of aliphatic imine (C=N–C) groups is 1. The monoisotopic (exact) mass is 494 g/mol. The molecule has 0 radical (unpaired) electrons. The van der Waals surface area contributed by atoms with Gasteiger partial charge in [0.05, 0.1) is 6.61 Å². The SMILES string of the molecule is CN=C(NCc1ccc(OCCCN(C)C)cc1)NCC(C)(C)SC.I. The molecule has 26 heavy (non-hydrogen) atoms. The first kappa shape index (κ1) is 25.3. The van der Waals surface area contributed by atoms with Gasteiger partial charge in [0.1, 0.15) is 5.75 Å². The maximum Gasteiger partial charge on any atom is 0.191 e. The lowest BCUT2D eigenvalue weighted by Crippen LogP contribution is -2.42. The van der Waals surface area contributed by atoms with Crippen LogP contribution in [-0.4, -0.2) is 62.7 Å². The van der Waals surface area contributed by atoms with Crippen molar-refractivity contribution in [1.82, 2.24) is 15.5 Å². The highest BCUT2D eigenvalue weighted by molar-refractivity contribution is 14.0. The highest BCUT2D eigenvalue weighted by Gasteiger charge is 2.15. The van der Waals surface area contributed by atoms with E-state index in [1.807, 2.05) is 23.9 Å². The minimum Gasteiger partial charge on any atom is -0.494 e. The first-order valence-electron chi connectivity index (χ1n) is 8.72. The van der Waals surface area contributed by atoms with E-state index in [9.17, 15) is 0 Å². The Morgan fingerprint density at radius 2 is 1.85 bits per heavy atom. The summed E-state index contributed by atoms with van der Waals surface area (Å²) in [6, 6.07) is 8.24. The van der Waals surface area contributed by atoms with Crippen molar-refractivity contribution in [2.24, 2.45) is 4.99 Å². The van der Waals surface area contributed by atoms with E-state index in [-0.39, 0.29) is 28.7 Å². The molecule has 0 bridgehead atoms. The summed E-state index contributed by atoms with van der Waals surface area (Å²) in [5.41, 5.74) is 1.20. The van der Waals surface area contributed by atoms with Crippen LogP contribution in [0.1, 0.15) is 25.8 Å². The second kappa shape index (κ2) is 13.5. The second-order valence-electron chi connectivity index (χ2n) is 6.89. The van der Waals surface area contributed by atoms with Crippen LogP contribution in [0.4, 0.5) is 0 Å². The fourth-order valence-electron chi connectivity index (χ4n) is 2.05. The summed E-state index contributed by atoms with van der Waals surface area (Å²) in [7, 11) is 5.95. The summed E-state index contributed by atoms with van der Waals surface area (Å²) < 4.78 is 5.94. The van der Waals surface area contributed by atoms with E-state index in [4.69, 9.17) is 4.74 Å². The molecule has 0 aliphatic carbocycles. The zero-order valence-electron chi connectivity index (χ0n) is 17.0. The molecule has 0 unspecified atom stereocenters. The smallest absolute Gasteiger partial charge is 0.191 e. The van der Waals surface area contributed by atoms with Gasteiger partial charge in [-0.2, -0.15) is 11.8 Å². The molecule has 1 aromatic carbocycles. The summed E-state index contributed by atoms with van der Waals surface area (Å²) in [4.78, 5) is 6.44. The van der Waals surface area contributed by atoms with Crippen LogP contribution in [0, 0.1) is 0 Å². The quantitative estimate of drug-likeness (QED) is 0.226. The Kier molecular flexibility index (Phi) is 13.1. The summed E-state index contributed by atoms with van der Waals surface area (Å²) in [6.07, 6.45) is 3.16. The minimum absolute atomic E-state index is 0. The molecular formula is C19H35IN4OS. The van der Waals surface area contributed by atoms with Crippen LogP contribution in [0.2, 0.25) is 0 Å². The van der Waals surface area contributed by atoms with Crippen molar-refractivity contribution in [1.29, 1.82) is 0 Å². The third kappa shape index (κ3) is 11.1. The summed E-state index contributed by atoms with van der Waals surface area (Å²) in [5.74, 6) is 1.75. The van der Waals surface area contributed by atoms with Gasteiger partial charge < -0.3 is 20.3 Å². The van der Waals surface area contributed by atoms with Crippen molar-refractivity contribution in [3.63, 3.8) is 0 Å². The van der Waals surface area contributed by atoms with Crippen LogP contribution in [0.5, 0.6) is 5.75 Å². The number of ether oxygens (including phenoxy) is 1. The van der Waals surface area contributed by atoms with Crippen LogP contribution < -0.4 is 15.4 Å². The lowest BCUT2D eigenvalue weighted by atomic mass is 10.2. The first-order valence-corrected chi connectivity index (χ1v) is 9.95. The van der Waals surface area contributed by atoms with E-state index in [1.54, 1.807) is 7.05 Å². The number of nitrogens with zero attached hydrogens (tertiary/aromatic N) is 2. The van der Waals surface area contributed by atoms with Crippen molar-refractivity contribution in [3.05, 3.63) is 29.8 Å². The number of hydrogen-bond donors (Lipinski definition) is 2.